The molecule has 41 heavy (non-hydrogen) atoms. The highest BCUT2D eigenvalue weighted by Gasteiger charge is 2.49. The van der Waals surface area contributed by atoms with Crippen LogP contribution in [-0.4, -0.2) is 71.8 Å². The molecular weight excluding hydrogens is 527 g/mol. The number of hydrogen-bond acceptors (Lipinski definition) is 8. The molecule has 0 aromatic carbocycles. The van der Waals surface area contributed by atoms with E-state index in [0.29, 0.717) is 43.4 Å². The van der Waals surface area contributed by atoms with E-state index in [9.17, 15) is 14.0 Å². The number of aromatic nitrogens is 6. The van der Waals surface area contributed by atoms with Crippen LogP contribution in [0.5, 0.6) is 0 Å². The van der Waals surface area contributed by atoms with Crippen LogP contribution in [0.4, 0.5) is 21.8 Å². The van der Waals surface area contributed by atoms with Crippen LogP contribution in [0.1, 0.15) is 42.6 Å². The van der Waals surface area contributed by atoms with E-state index in [2.05, 4.69) is 35.8 Å². The number of aromatic amines is 1. The Hall–Kier alpha value is -4.81. The molecule has 2 aliphatic rings. The molecule has 2 saturated heterocycles. The van der Waals surface area contributed by atoms with Gasteiger partial charge in [0.1, 0.15) is 23.7 Å². The molecule has 3 N–H and O–H groups in total. The van der Waals surface area contributed by atoms with Crippen molar-refractivity contribution in [2.24, 2.45) is 0 Å². The van der Waals surface area contributed by atoms with Crippen molar-refractivity contribution in [2.45, 2.75) is 45.2 Å². The smallest absolute Gasteiger partial charge is 0.249 e. The van der Waals surface area contributed by atoms with E-state index in [4.69, 9.17) is 4.98 Å². The molecule has 6 rings (SSSR count). The van der Waals surface area contributed by atoms with Crippen molar-refractivity contribution in [2.75, 3.05) is 29.9 Å². The van der Waals surface area contributed by atoms with E-state index in [1.807, 2.05) is 45.0 Å². The normalized spacial score (nSPS) is 17.6. The Morgan fingerprint density at radius 1 is 1.05 bits per heavy atom. The van der Waals surface area contributed by atoms with Gasteiger partial charge in [-0.3, -0.25) is 14.7 Å². The molecule has 2 aliphatic heterocycles. The van der Waals surface area contributed by atoms with Gasteiger partial charge in [0.15, 0.2) is 17.5 Å². The summed E-state index contributed by atoms with van der Waals surface area (Å²) in [6, 6.07) is 9.04. The fourth-order valence-corrected chi connectivity index (χ4v) is 5.50. The topological polar surface area (TPSA) is 137 Å². The van der Waals surface area contributed by atoms with Gasteiger partial charge in [-0.15, -0.1) is 0 Å². The number of carbonyl (C=O) groups is 2. The van der Waals surface area contributed by atoms with Gasteiger partial charge in [0.25, 0.3) is 0 Å². The van der Waals surface area contributed by atoms with Gasteiger partial charge in [0.05, 0.1) is 18.4 Å². The van der Waals surface area contributed by atoms with E-state index in [1.165, 1.54) is 10.9 Å². The van der Waals surface area contributed by atoms with Crippen molar-refractivity contribution in [3.8, 4) is 5.82 Å². The zero-order valence-electron chi connectivity index (χ0n) is 23.1. The third-order valence-corrected chi connectivity index (χ3v) is 7.73. The minimum Gasteiger partial charge on any atom is -0.356 e. The molecule has 0 saturated carbocycles. The van der Waals surface area contributed by atoms with Crippen molar-refractivity contribution < 1.29 is 14.0 Å². The Morgan fingerprint density at radius 3 is 2.51 bits per heavy atom. The highest BCUT2D eigenvalue weighted by Crippen LogP contribution is 2.34. The highest BCUT2D eigenvalue weighted by atomic mass is 19.1. The summed E-state index contributed by atoms with van der Waals surface area (Å²) in [5, 5.41) is 17.3. The maximum atomic E-state index is 13.9. The van der Waals surface area contributed by atoms with Crippen molar-refractivity contribution >= 4 is 29.3 Å². The van der Waals surface area contributed by atoms with Crippen LogP contribution >= 0.6 is 0 Å². The molecule has 4 aromatic heterocycles. The summed E-state index contributed by atoms with van der Waals surface area (Å²) in [5.74, 6) is 1.90. The highest BCUT2D eigenvalue weighted by molar-refractivity contribution is 5.98. The third kappa shape index (κ3) is 5.22. The van der Waals surface area contributed by atoms with Gasteiger partial charge in [-0.1, -0.05) is 6.07 Å². The molecule has 13 heteroatoms. The largest absolute Gasteiger partial charge is 0.356 e. The first-order valence-electron chi connectivity index (χ1n) is 13.5. The van der Waals surface area contributed by atoms with Crippen LogP contribution < -0.4 is 15.5 Å². The van der Waals surface area contributed by atoms with E-state index in [-0.39, 0.29) is 24.4 Å². The standard InChI is InChI=1S/C28H31FN10O2/c1-17-10-22(32-23-12-18(2)35-36-23)33-25(11-17)37-8-6-28(7-9-37)27(41)38(16-26(40)34-28)19(3)20-4-5-24(30-13-20)39-15-21(29)14-31-39/h4-5,10-15,19H,6-9,16H2,1-3H3,(H,34,40)(H2,32,33,35,36). The summed E-state index contributed by atoms with van der Waals surface area (Å²) < 4.78 is 14.7. The van der Waals surface area contributed by atoms with Crippen LogP contribution in [0.15, 0.2) is 48.9 Å². The first-order chi connectivity index (χ1) is 19.7. The maximum absolute atomic E-state index is 13.9. The lowest BCUT2D eigenvalue weighted by Gasteiger charge is -2.48. The number of H-pyrrole nitrogens is 1. The fourth-order valence-electron chi connectivity index (χ4n) is 5.50. The number of nitrogens with one attached hydrogen (secondary N) is 3. The van der Waals surface area contributed by atoms with Crippen LogP contribution in [-0.2, 0) is 9.59 Å². The number of amides is 2. The van der Waals surface area contributed by atoms with Gasteiger partial charge in [-0.25, -0.2) is 19.0 Å². The summed E-state index contributed by atoms with van der Waals surface area (Å²) in [6.45, 7) is 6.91. The van der Waals surface area contributed by atoms with E-state index < -0.39 is 11.4 Å². The van der Waals surface area contributed by atoms with Crippen LogP contribution in [0.3, 0.4) is 0 Å². The van der Waals surface area contributed by atoms with E-state index >= 15 is 0 Å². The number of piperidine rings is 1. The Morgan fingerprint density at radius 2 is 1.85 bits per heavy atom. The summed E-state index contributed by atoms with van der Waals surface area (Å²) >= 11 is 0. The minimum atomic E-state index is -0.975. The fraction of sp³-hybridized carbons (Fsp3) is 0.357. The Kier molecular flexibility index (Phi) is 6.64. The molecule has 4 aromatic rings. The molecule has 0 aliphatic carbocycles. The molecule has 12 nitrogen and oxygen atoms in total. The van der Waals surface area contributed by atoms with Crippen molar-refractivity contribution in [3.05, 3.63) is 71.6 Å². The van der Waals surface area contributed by atoms with Gasteiger partial charge in [0, 0.05) is 31.0 Å². The number of aryl methyl sites for hydroxylation is 2. The second-order valence-corrected chi connectivity index (χ2v) is 10.7. The predicted molar refractivity (Wildman–Crippen MR) is 149 cm³/mol. The SMILES string of the molecule is Cc1cc(Nc2cc(C)[nH]n2)nc(N2CCC3(CC2)NC(=O)CN(C(C)c2ccc(-n4cc(F)cn4)nc2)C3=O)c1. The van der Waals surface area contributed by atoms with Crippen molar-refractivity contribution in [1.29, 1.82) is 0 Å². The average molecular weight is 559 g/mol. The average Bonchev–Trinajstić information content (AvgIpc) is 3.58. The molecule has 2 fully saturated rings. The Balaban J connectivity index is 1.16. The lowest BCUT2D eigenvalue weighted by molar-refractivity contribution is -0.153. The summed E-state index contributed by atoms with van der Waals surface area (Å²) in [6.07, 6.45) is 4.90. The zero-order chi connectivity index (χ0) is 28.7. The monoisotopic (exact) mass is 558 g/mol. The van der Waals surface area contributed by atoms with Gasteiger partial charge >= 0.3 is 0 Å². The summed E-state index contributed by atoms with van der Waals surface area (Å²) in [7, 11) is 0. The third-order valence-electron chi connectivity index (χ3n) is 7.73. The number of anilines is 3. The first-order valence-corrected chi connectivity index (χ1v) is 13.5. The molecule has 1 unspecified atom stereocenters. The zero-order valence-corrected chi connectivity index (χ0v) is 23.1. The van der Waals surface area contributed by atoms with E-state index in [1.54, 1.807) is 17.2 Å². The Bertz CT molecular complexity index is 1590. The Labute approximate surface area is 236 Å². The van der Waals surface area contributed by atoms with Gasteiger partial charge in [0.2, 0.25) is 11.8 Å². The van der Waals surface area contributed by atoms with Gasteiger partial charge < -0.3 is 20.4 Å². The number of pyridine rings is 2. The maximum Gasteiger partial charge on any atom is 0.249 e. The van der Waals surface area contributed by atoms with Crippen molar-refractivity contribution in [3.63, 3.8) is 0 Å². The van der Waals surface area contributed by atoms with E-state index in [0.717, 1.165) is 28.8 Å². The summed E-state index contributed by atoms with van der Waals surface area (Å²) in [5.41, 5.74) is 1.79. The number of nitrogens with zero attached hydrogens (tertiary/aromatic N) is 7. The lowest BCUT2D eigenvalue weighted by Crippen LogP contribution is -2.69. The van der Waals surface area contributed by atoms with Crippen LogP contribution in [0.25, 0.3) is 5.82 Å². The predicted octanol–water partition coefficient (Wildman–Crippen LogP) is 2.94. The number of piperazine rings is 1. The molecule has 212 valence electrons. The number of halogens is 1. The molecule has 1 atom stereocenters. The molecule has 6 heterocycles. The van der Waals surface area contributed by atoms with Gasteiger partial charge in [-0.2, -0.15) is 10.2 Å². The van der Waals surface area contributed by atoms with Gasteiger partial charge in [-0.05, 0) is 62.9 Å². The molecule has 2 amide bonds. The minimum absolute atomic E-state index is 0.0291. The second-order valence-electron chi connectivity index (χ2n) is 10.7. The molecule has 0 radical (unpaired) electrons. The van der Waals surface area contributed by atoms with Crippen molar-refractivity contribution in [1.82, 2.24) is 40.2 Å². The molecule has 1 spiro atoms. The van der Waals surface area contributed by atoms with Crippen LogP contribution in [0, 0.1) is 19.7 Å². The molecular formula is C28H31FN10O2. The van der Waals surface area contributed by atoms with Crippen LogP contribution in [0.2, 0.25) is 0 Å². The quantitative estimate of drug-likeness (QED) is 0.329. The second kappa shape index (κ2) is 10.3. The number of rotatable bonds is 6. The number of hydrogen-bond donors (Lipinski definition) is 3. The first kappa shape index (κ1) is 26.4. The molecule has 0 bridgehead atoms. The number of carbonyl (C=O) groups excluding carboxylic acids is 2. The summed E-state index contributed by atoms with van der Waals surface area (Å²) in [4.78, 5) is 39.7. The lowest BCUT2D eigenvalue weighted by atomic mass is 9.83.